The fourth-order valence-corrected chi connectivity index (χ4v) is 2.58. The number of nitrogens with zero attached hydrogens (tertiary/aromatic N) is 1. The second kappa shape index (κ2) is 6.33. The van der Waals surface area contributed by atoms with Crippen LogP contribution < -0.4 is 16.0 Å². The number of nitrogens with one attached hydrogen (secondary N) is 3. The van der Waals surface area contributed by atoms with E-state index in [-0.39, 0.29) is 18.0 Å². The molecule has 5 heteroatoms. The lowest BCUT2D eigenvalue weighted by atomic mass is 10.2. The fraction of sp³-hybridized carbons (Fsp3) is 0.917. The van der Waals surface area contributed by atoms with Crippen LogP contribution in [0, 0.1) is 0 Å². The van der Waals surface area contributed by atoms with Crippen molar-refractivity contribution < 1.29 is 4.79 Å². The average molecular weight is 240 g/mol. The second-order valence-corrected chi connectivity index (χ2v) is 5.13. The maximum absolute atomic E-state index is 12.0. The zero-order valence-electron chi connectivity index (χ0n) is 10.7. The summed E-state index contributed by atoms with van der Waals surface area (Å²) in [6, 6.07) is 0.175. The molecule has 0 radical (unpaired) electrons. The highest BCUT2D eigenvalue weighted by Gasteiger charge is 2.22. The van der Waals surface area contributed by atoms with Gasteiger partial charge in [0.2, 0.25) is 5.91 Å². The number of carbonyl (C=O) groups excluding carboxylic acids is 1. The van der Waals surface area contributed by atoms with Crippen LogP contribution in [0.1, 0.15) is 19.8 Å². The van der Waals surface area contributed by atoms with Gasteiger partial charge in [0.25, 0.3) is 0 Å². The molecule has 0 bridgehead atoms. The van der Waals surface area contributed by atoms with Crippen LogP contribution in [0.15, 0.2) is 0 Å². The van der Waals surface area contributed by atoms with Gasteiger partial charge in [0, 0.05) is 32.2 Å². The van der Waals surface area contributed by atoms with Crippen molar-refractivity contribution in [1.82, 2.24) is 20.9 Å². The van der Waals surface area contributed by atoms with Gasteiger partial charge in [-0.3, -0.25) is 4.79 Å². The third-order valence-corrected chi connectivity index (χ3v) is 3.48. The zero-order chi connectivity index (χ0) is 12.1. The number of rotatable bonds is 4. The number of amides is 1. The summed E-state index contributed by atoms with van der Waals surface area (Å²) in [6.45, 7) is 8.00. The smallest absolute Gasteiger partial charge is 0.238 e. The number of hydrogen-bond donors (Lipinski definition) is 3. The fourth-order valence-electron chi connectivity index (χ4n) is 2.58. The predicted octanol–water partition coefficient (Wildman–Crippen LogP) is -0.852. The molecule has 0 aromatic carbocycles. The standard InChI is InChI=1S/C12H24N4O/c1-10(9-16-6-2-3-7-16)15-12(17)11-8-13-4-5-14-11/h10-11,13-14H,2-9H2,1H3,(H,15,17). The van der Waals surface area contributed by atoms with Crippen molar-refractivity contribution in [3.05, 3.63) is 0 Å². The van der Waals surface area contributed by atoms with E-state index in [4.69, 9.17) is 0 Å². The van der Waals surface area contributed by atoms with Crippen molar-refractivity contribution in [1.29, 1.82) is 0 Å². The van der Waals surface area contributed by atoms with E-state index in [0.717, 1.165) is 26.2 Å². The van der Waals surface area contributed by atoms with Gasteiger partial charge in [-0.2, -0.15) is 0 Å². The Labute approximate surface area is 103 Å². The molecule has 2 unspecified atom stereocenters. The molecule has 5 nitrogen and oxygen atoms in total. The Bertz CT molecular complexity index is 247. The minimum absolute atomic E-state index is 0.0650. The molecule has 98 valence electrons. The molecule has 2 aliphatic rings. The van der Waals surface area contributed by atoms with Crippen molar-refractivity contribution in [3.63, 3.8) is 0 Å². The summed E-state index contributed by atoms with van der Waals surface area (Å²) in [5.41, 5.74) is 0. The van der Waals surface area contributed by atoms with E-state index >= 15 is 0 Å². The van der Waals surface area contributed by atoms with E-state index in [1.165, 1.54) is 25.9 Å². The van der Waals surface area contributed by atoms with Gasteiger partial charge in [0.1, 0.15) is 0 Å². The number of likely N-dealkylation sites (tertiary alicyclic amines) is 1. The summed E-state index contributed by atoms with van der Waals surface area (Å²) in [5.74, 6) is 0.129. The van der Waals surface area contributed by atoms with Crippen LogP contribution in [0.25, 0.3) is 0 Å². The van der Waals surface area contributed by atoms with E-state index in [0.29, 0.717) is 0 Å². The average Bonchev–Trinajstić information content (AvgIpc) is 2.82. The molecule has 3 N–H and O–H groups in total. The number of hydrogen-bond acceptors (Lipinski definition) is 4. The van der Waals surface area contributed by atoms with Gasteiger partial charge in [-0.25, -0.2) is 0 Å². The quantitative estimate of drug-likeness (QED) is 0.599. The molecule has 2 rings (SSSR count). The van der Waals surface area contributed by atoms with Gasteiger partial charge in [0.15, 0.2) is 0 Å². The summed E-state index contributed by atoms with van der Waals surface area (Å²) in [7, 11) is 0. The lowest BCUT2D eigenvalue weighted by Gasteiger charge is -2.27. The molecule has 0 aromatic rings. The summed E-state index contributed by atoms with van der Waals surface area (Å²) in [5, 5.41) is 9.55. The Kier molecular flexibility index (Phi) is 4.76. The van der Waals surface area contributed by atoms with Crippen LogP contribution in [-0.2, 0) is 4.79 Å². The first kappa shape index (κ1) is 12.8. The molecule has 17 heavy (non-hydrogen) atoms. The maximum Gasteiger partial charge on any atom is 0.238 e. The van der Waals surface area contributed by atoms with E-state index in [1.54, 1.807) is 0 Å². The highest BCUT2D eigenvalue weighted by molar-refractivity contribution is 5.82. The maximum atomic E-state index is 12.0. The lowest BCUT2D eigenvalue weighted by molar-refractivity contribution is -0.124. The molecule has 0 saturated carbocycles. The van der Waals surface area contributed by atoms with Gasteiger partial charge in [-0.15, -0.1) is 0 Å². The number of piperazine rings is 1. The van der Waals surface area contributed by atoms with Crippen LogP contribution in [-0.4, -0.2) is 62.2 Å². The summed E-state index contributed by atoms with van der Waals surface area (Å²) >= 11 is 0. The zero-order valence-corrected chi connectivity index (χ0v) is 10.7. The van der Waals surface area contributed by atoms with Crippen LogP contribution in [0.4, 0.5) is 0 Å². The first-order valence-electron chi connectivity index (χ1n) is 6.72. The number of carbonyl (C=O) groups is 1. The van der Waals surface area contributed by atoms with Crippen molar-refractivity contribution >= 4 is 5.91 Å². The van der Waals surface area contributed by atoms with E-state index in [9.17, 15) is 4.79 Å². The molecule has 2 fully saturated rings. The second-order valence-electron chi connectivity index (χ2n) is 5.13. The van der Waals surface area contributed by atoms with Gasteiger partial charge >= 0.3 is 0 Å². The van der Waals surface area contributed by atoms with Crippen molar-refractivity contribution in [3.8, 4) is 0 Å². The van der Waals surface area contributed by atoms with E-state index in [1.807, 2.05) is 0 Å². The van der Waals surface area contributed by atoms with Crippen LogP contribution in [0.5, 0.6) is 0 Å². The minimum Gasteiger partial charge on any atom is -0.351 e. The largest absolute Gasteiger partial charge is 0.351 e. The molecule has 1 amide bonds. The Morgan fingerprint density at radius 2 is 2.18 bits per heavy atom. The third-order valence-electron chi connectivity index (χ3n) is 3.48. The Morgan fingerprint density at radius 1 is 1.41 bits per heavy atom. The molecular formula is C12H24N4O. The third kappa shape index (κ3) is 3.94. The molecule has 2 aliphatic heterocycles. The molecule has 2 atom stereocenters. The molecular weight excluding hydrogens is 216 g/mol. The van der Waals surface area contributed by atoms with Crippen molar-refractivity contribution in [2.75, 3.05) is 39.3 Å². The molecule has 2 heterocycles. The molecule has 0 spiro atoms. The van der Waals surface area contributed by atoms with Crippen LogP contribution in [0.3, 0.4) is 0 Å². The lowest BCUT2D eigenvalue weighted by Crippen LogP contribution is -2.57. The minimum atomic E-state index is -0.0650. The summed E-state index contributed by atoms with van der Waals surface area (Å²) in [4.78, 5) is 14.4. The molecule has 0 aliphatic carbocycles. The van der Waals surface area contributed by atoms with Gasteiger partial charge in [-0.1, -0.05) is 0 Å². The van der Waals surface area contributed by atoms with E-state index < -0.39 is 0 Å². The predicted molar refractivity (Wildman–Crippen MR) is 67.9 cm³/mol. The Balaban J connectivity index is 1.69. The van der Waals surface area contributed by atoms with Gasteiger partial charge in [-0.05, 0) is 32.9 Å². The summed E-state index contributed by atoms with van der Waals surface area (Å²) < 4.78 is 0. The Morgan fingerprint density at radius 3 is 2.82 bits per heavy atom. The highest BCUT2D eigenvalue weighted by atomic mass is 16.2. The molecule has 2 saturated heterocycles. The first-order valence-corrected chi connectivity index (χ1v) is 6.72. The van der Waals surface area contributed by atoms with Crippen LogP contribution >= 0.6 is 0 Å². The van der Waals surface area contributed by atoms with E-state index in [2.05, 4.69) is 27.8 Å². The van der Waals surface area contributed by atoms with Gasteiger partial charge in [0.05, 0.1) is 6.04 Å². The van der Waals surface area contributed by atoms with Crippen LogP contribution in [0.2, 0.25) is 0 Å². The van der Waals surface area contributed by atoms with Crippen molar-refractivity contribution in [2.24, 2.45) is 0 Å². The SMILES string of the molecule is CC(CN1CCCC1)NC(=O)C1CNCCN1. The van der Waals surface area contributed by atoms with Crippen molar-refractivity contribution in [2.45, 2.75) is 31.8 Å². The molecule has 0 aromatic heterocycles. The Hall–Kier alpha value is -0.650. The normalized spacial score (nSPS) is 27.9. The summed E-state index contributed by atoms with van der Waals surface area (Å²) in [6.07, 6.45) is 2.60. The monoisotopic (exact) mass is 240 g/mol. The first-order chi connectivity index (χ1) is 8.25. The highest BCUT2D eigenvalue weighted by Crippen LogP contribution is 2.07. The topological polar surface area (TPSA) is 56.4 Å². The van der Waals surface area contributed by atoms with Gasteiger partial charge < -0.3 is 20.9 Å².